The van der Waals surface area contributed by atoms with Crippen molar-refractivity contribution in [3.8, 4) is 34.8 Å². The number of benzene rings is 4. The normalized spacial score (nSPS) is 13.8. The van der Waals surface area contributed by atoms with Crippen molar-refractivity contribution in [1.82, 2.24) is 0 Å². The van der Waals surface area contributed by atoms with E-state index in [-0.39, 0.29) is 38.6 Å². The molecule has 0 bridgehead atoms. The molecule has 1 aliphatic heterocycles. The Bertz CT molecular complexity index is 1780. The highest BCUT2D eigenvalue weighted by Crippen LogP contribution is 2.45. The van der Waals surface area contributed by atoms with E-state index in [1.54, 1.807) is 30.3 Å². The van der Waals surface area contributed by atoms with Crippen LogP contribution in [0.3, 0.4) is 0 Å². The second-order valence-corrected chi connectivity index (χ2v) is 10.8. The standard InChI is InChI=1S/C33H25Cl3N2O6/c1-3-41-29-14-19(6-11-27(29)42-17-18-4-7-21(34)8-5-18)30-23-10-9-22(15-28(23)44-32(38)24(30)16-37)43-33(39)20-12-25(35)31(40-2)26(36)13-20/h4-15,30H,3,17,38H2,1-2H3. The molecule has 0 fully saturated rings. The fourth-order valence-electron chi connectivity index (χ4n) is 4.71. The van der Waals surface area contributed by atoms with Crippen molar-refractivity contribution < 1.29 is 28.5 Å². The zero-order valence-corrected chi connectivity index (χ0v) is 25.8. The molecule has 0 aromatic heterocycles. The highest BCUT2D eigenvalue weighted by Gasteiger charge is 2.32. The summed E-state index contributed by atoms with van der Waals surface area (Å²) in [6.45, 7) is 2.58. The highest BCUT2D eigenvalue weighted by molar-refractivity contribution is 6.37. The summed E-state index contributed by atoms with van der Waals surface area (Å²) < 4.78 is 28.5. The summed E-state index contributed by atoms with van der Waals surface area (Å²) in [4.78, 5) is 12.9. The monoisotopic (exact) mass is 650 g/mol. The Kier molecular flexibility index (Phi) is 9.40. The molecule has 1 heterocycles. The van der Waals surface area contributed by atoms with Crippen molar-refractivity contribution in [3.63, 3.8) is 0 Å². The SMILES string of the molecule is CCOc1cc(C2C(C#N)=C(N)Oc3cc(OC(=O)c4cc(Cl)c(OC)c(Cl)c4)ccc32)ccc1OCc1ccc(Cl)cc1. The molecule has 1 aliphatic rings. The average molecular weight is 652 g/mol. The van der Waals surface area contributed by atoms with Gasteiger partial charge in [0.15, 0.2) is 17.2 Å². The molecule has 0 amide bonds. The van der Waals surface area contributed by atoms with Crippen LogP contribution in [0, 0.1) is 11.3 Å². The Balaban J connectivity index is 1.44. The summed E-state index contributed by atoms with van der Waals surface area (Å²) in [5, 5.41) is 11.0. The van der Waals surface area contributed by atoms with E-state index in [0.29, 0.717) is 41.0 Å². The number of allylic oxidation sites excluding steroid dienone is 1. The van der Waals surface area contributed by atoms with Crippen LogP contribution in [0.25, 0.3) is 0 Å². The van der Waals surface area contributed by atoms with E-state index in [9.17, 15) is 10.1 Å². The minimum atomic E-state index is -0.694. The largest absolute Gasteiger partial charge is 0.494 e. The summed E-state index contributed by atoms with van der Waals surface area (Å²) in [5.41, 5.74) is 8.87. The number of rotatable bonds is 9. The van der Waals surface area contributed by atoms with E-state index in [1.807, 2.05) is 31.2 Å². The number of carbonyl (C=O) groups is 1. The highest BCUT2D eigenvalue weighted by atomic mass is 35.5. The molecule has 224 valence electrons. The van der Waals surface area contributed by atoms with Crippen LogP contribution in [0.2, 0.25) is 15.1 Å². The zero-order chi connectivity index (χ0) is 31.4. The molecule has 0 saturated heterocycles. The number of methoxy groups -OCH3 is 1. The van der Waals surface area contributed by atoms with Gasteiger partial charge in [-0.2, -0.15) is 5.26 Å². The number of nitriles is 1. The molecule has 0 aliphatic carbocycles. The van der Waals surface area contributed by atoms with Gasteiger partial charge in [0.25, 0.3) is 0 Å². The van der Waals surface area contributed by atoms with E-state index < -0.39 is 11.9 Å². The first kappa shape index (κ1) is 30.9. The van der Waals surface area contributed by atoms with E-state index in [0.717, 1.165) is 11.1 Å². The van der Waals surface area contributed by atoms with Crippen molar-refractivity contribution in [3.05, 3.63) is 122 Å². The summed E-state index contributed by atoms with van der Waals surface area (Å²) in [7, 11) is 1.42. The molecule has 2 N–H and O–H groups in total. The smallest absolute Gasteiger partial charge is 0.343 e. The number of esters is 1. The van der Waals surface area contributed by atoms with Crippen LogP contribution in [-0.4, -0.2) is 19.7 Å². The lowest BCUT2D eigenvalue weighted by Crippen LogP contribution is -2.21. The fourth-order valence-corrected chi connectivity index (χ4v) is 5.48. The molecular formula is C33H25Cl3N2O6. The predicted molar refractivity (Wildman–Crippen MR) is 167 cm³/mol. The lowest BCUT2D eigenvalue weighted by atomic mass is 9.83. The van der Waals surface area contributed by atoms with Crippen molar-refractivity contribution in [2.24, 2.45) is 5.73 Å². The van der Waals surface area contributed by atoms with Gasteiger partial charge >= 0.3 is 5.97 Å². The maximum atomic E-state index is 12.9. The minimum absolute atomic E-state index is 0.0665. The molecule has 44 heavy (non-hydrogen) atoms. The van der Waals surface area contributed by atoms with Gasteiger partial charge in [0.2, 0.25) is 5.88 Å². The van der Waals surface area contributed by atoms with Gasteiger partial charge in [-0.1, -0.05) is 59.1 Å². The number of halogens is 3. The predicted octanol–water partition coefficient (Wildman–Crippen LogP) is 8.07. The molecule has 1 unspecified atom stereocenters. The van der Waals surface area contributed by atoms with Crippen LogP contribution >= 0.6 is 34.8 Å². The minimum Gasteiger partial charge on any atom is -0.494 e. The van der Waals surface area contributed by atoms with E-state index in [2.05, 4.69) is 6.07 Å². The van der Waals surface area contributed by atoms with Crippen LogP contribution in [0.15, 0.2) is 84.3 Å². The Labute approximate surface area is 269 Å². The van der Waals surface area contributed by atoms with Gasteiger partial charge in [0.1, 0.15) is 29.7 Å². The molecule has 4 aromatic carbocycles. The number of ether oxygens (including phenoxy) is 5. The van der Waals surface area contributed by atoms with Gasteiger partial charge in [0, 0.05) is 16.7 Å². The Morgan fingerprint density at radius 3 is 2.34 bits per heavy atom. The molecule has 1 atom stereocenters. The van der Waals surface area contributed by atoms with Crippen LogP contribution in [0.5, 0.6) is 28.7 Å². The Hall–Kier alpha value is -4.55. The first-order valence-electron chi connectivity index (χ1n) is 13.3. The van der Waals surface area contributed by atoms with E-state index in [1.165, 1.54) is 25.3 Å². The number of fused-ring (bicyclic) bond motifs is 1. The summed E-state index contributed by atoms with van der Waals surface area (Å²) >= 11 is 18.4. The van der Waals surface area contributed by atoms with Crippen molar-refractivity contribution in [2.75, 3.05) is 13.7 Å². The van der Waals surface area contributed by atoms with Gasteiger partial charge in [-0.25, -0.2) is 4.79 Å². The Morgan fingerprint density at radius 1 is 0.955 bits per heavy atom. The second-order valence-electron chi connectivity index (χ2n) is 9.54. The molecule has 4 aromatic rings. The number of nitrogens with two attached hydrogens (primary N) is 1. The van der Waals surface area contributed by atoms with E-state index in [4.69, 9.17) is 64.2 Å². The second kappa shape index (κ2) is 13.4. The van der Waals surface area contributed by atoms with Crippen LogP contribution in [0.4, 0.5) is 0 Å². The van der Waals surface area contributed by atoms with Gasteiger partial charge < -0.3 is 29.4 Å². The number of hydrogen-bond acceptors (Lipinski definition) is 8. The molecule has 0 saturated carbocycles. The van der Waals surface area contributed by atoms with Crippen LogP contribution in [0.1, 0.15) is 39.9 Å². The summed E-state index contributed by atoms with van der Waals surface area (Å²) in [6, 6.07) is 22.6. The fraction of sp³-hybridized carbons (Fsp3) is 0.152. The Morgan fingerprint density at radius 2 is 1.68 bits per heavy atom. The number of nitrogens with zero attached hydrogens (tertiary/aromatic N) is 1. The maximum absolute atomic E-state index is 12.9. The third kappa shape index (κ3) is 6.51. The number of carbonyl (C=O) groups excluding carboxylic acids is 1. The lowest BCUT2D eigenvalue weighted by Gasteiger charge is -2.27. The lowest BCUT2D eigenvalue weighted by molar-refractivity contribution is 0.0734. The maximum Gasteiger partial charge on any atom is 0.343 e. The molecule has 8 nitrogen and oxygen atoms in total. The van der Waals surface area contributed by atoms with E-state index >= 15 is 0 Å². The van der Waals surface area contributed by atoms with Crippen LogP contribution in [-0.2, 0) is 6.61 Å². The molecule has 11 heteroatoms. The first-order chi connectivity index (χ1) is 21.2. The molecular weight excluding hydrogens is 627 g/mol. The van der Waals surface area contributed by atoms with Gasteiger partial charge in [0.05, 0.1) is 35.2 Å². The van der Waals surface area contributed by atoms with Gasteiger partial charge in [-0.15, -0.1) is 0 Å². The van der Waals surface area contributed by atoms with Crippen LogP contribution < -0.4 is 29.4 Å². The van der Waals surface area contributed by atoms with Crippen molar-refractivity contribution >= 4 is 40.8 Å². The van der Waals surface area contributed by atoms with Gasteiger partial charge in [-0.05, 0) is 60.5 Å². The molecule has 0 spiro atoms. The molecule has 0 radical (unpaired) electrons. The third-order valence-corrected chi connectivity index (χ3v) is 7.56. The number of hydrogen-bond donors (Lipinski definition) is 1. The average Bonchev–Trinajstić information content (AvgIpc) is 3.00. The van der Waals surface area contributed by atoms with Crippen molar-refractivity contribution in [1.29, 1.82) is 5.26 Å². The van der Waals surface area contributed by atoms with Gasteiger partial charge in [-0.3, -0.25) is 0 Å². The third-order valence-electron chi connectivity index (χ3n) is 6.75. The zero-order valence-electron chi connectivity index (χ0n) is 23.5. The quantitative estimate of drug-likeness (QED) is 0.143. The van der Waals surface area contributed by atoms with Crippen molar-refractivity contribution in [2.45, 2.75) is 19.4 Å². The molecule has 5 rings (SSSR count). The summed E-state index contributed by atoms with van der Waals surface area (Å²) in [6.07, 6.45) is 0. The first-order valence-corrected chi connectivity index (χ1v) is 14.5. The topological polar surface area (TPSA) is 113 Å². The summed E-state index contributed by atoms with van der Waals surface area (Å²) in [5.74, 6) is 0.455.